The minimum atomic E-state index is 0.0188. The molecule has 142 valence electrons. The Labute approximate surface area is 163 Å². The van der Waals surface area contributed by atoms with Gasteiger partial charge >= 0.3 is 0 Å². The van der Waals surface area contributed by atoms with E-state index in [1.54, 1.807) is 6.26 Å². The molecule has 0 aliphatic heterocycles. The monoisotopic (exact) mass is 373 g/mol. The Morgan fingerprint density at radius 1 is 1.21 bits per heavy atom. The molecule has 1 N–H and O–H groups in total. The summed E-state index contributed by atoms with van der Waals surface area (Å²) in [6.45, 7) is 3.28. The number of benzene rings is 2. The van der Waals surface area contributed by atoms with E-state index in [0.717, 1.165) is 46.2 Å². The molecule has 5 rings (SSSR count). The average Bonchev–Trinajstić information content (AvgIpc) is 3.38. The second kappa shape index (κ2) is 6.82. The van der Waals surface area contributed by atoms with E-state index in [1.165, 1.54) is 17.5 Å². The van der Waals surface area contributed by atoms with Gasteiger partial charge < -0.3 is 14.3 Å². The van der Waals surface area contributed by atoms with E-state index >= 15 is 0 Å². The van der Waals surface area contributed by atoms with Crippen LogP contribution in [0.4, 0.5) is 0 Å². The van der Waals surface area contributed by atoms with Crippen molar-refractivity contribution in [2.24, 2.45) is 0 Å². The second-order valence-corrected chi connectivity index (χ2v) is 7.56. The van der Waals surface area contributed by atoms with Crippen molar-refractivity contribution in [2.75, 3.05) is 6.54 Å². The van der Waals surface area contributed by atoms with Crippen LogP contribution in [0.3, 0.4) is 0 Å². The summed E-state index contributed by atoms with van der Waals surface area (Å²) in [4.78, 5) is 17.1. The van der Waals surface area contributed by atoms with Crippen LogP contribution in [0, 0.1) is 6.92 Å². The molecule has 0 bridgehead atoms. The van der Waals surface area contributed by atoms with Gasteiger partial charge in [-0.05, 0) is 61.6 Å². The van der Waals surface area contributed by atoms with Crippen molar-refractivity contribution in [1.29, 1.82) is 0 Å². The predicted octanol–water partition coefficient (Wildman–Crippen LogP) is 3.94. The summed E-state index contributed by atoms with van der Waals surface area (Å²) < 4.78 is 7.86. The molecule has 0 saturated carbocycles. The van der Waals surface area contributed by atoms with Crippen LogP contribution < -0.4 is 5.32 Å². The average molecular weight is 373 g/mol. The van der Waals surface area contributed by atoms with E-state index in [2.05, 4.69) is 33.1 Å². The third kappa shape index (κ3) is 2.97. The lowest BCUT2D eigenvalue weighted by molar-refractivity contribution is -0.120. The molecule has 2 aromatic carbocycles. The van der Waals surface area contributed by atoms with Gasteiger partial charge in [-0.1, -0.05) is 12.1 Å². The van der Waals surface area contributed by atoms with Crippen LogP contribution >= 0.6 is 0 Å². The minimum Gasteiger partial charge on any atom is -0.464 e. The molecule has 2 aromatic heterocycles. The summed E-state index contributed by atoms with van der Waals surface area (Å²) in [6, 6.07) is 12.4. The zero-order chi connectivity index (χ0) is 19.1. The third-order valence-electron chi connectivity index (χ3n) is 5.72. The van der Waals surface area contributed by atoms with Crippen LogP contribution in [0.5, 0.6) is 0 Å². The Hall–Kier alpha value is -3.08. The molecule has 1 aliphatic rings. The molecule has 4 aromatic rings. The Balaban J connectivity index is 1.25. The number of hydrogen-bond donors (Lipinski definition) is 1. The van der Waals surface area contributed by atoms with E-state index in [4.69, 9.17) is 4.42 Å². The Kier molecular flexibility index (Phi) is 4.15. The van der Waals surface area contributed by atoms with Crippen LogP contribution in [0.15, 0.2) is 47.1 Å². The van der Waals surface area contributed by atoms with Crippen molar-refractivity contribution < 1.29 is 9.21 Å². The first-order valence-electron chi connectivity index (χ1n) is 9.89. The van der Waals surface area contributed by atoms with Crippen LogP contribution in [-0.4, -0.2) is 22.0 Å². The van der Waals surface area contributed by atoms with E-state index in [1.807, 2.05) is 25.1 Å². The number of carbonyl (C=O) groups is 1. The highest BCUT2D eigenvalue weighted by molar-refractivity contribution is 5.88. The highest BCUT2D eigenvalue weighted by Gasteiger charge is 2.16. The fourth-order valence-electron chi connectivity index (χ4n) is 4.31. The Morgan fingerprint density at radius 2 is 2.04 bits per heavy atom. The lowest BCUT2D eigenvalue weighted by Crippen LogP contribution is -2.28. The van der Waals surface area contributed by atoms with Crippen LogP contribution in [0.25, 0.3) is 22.0 Å². The molecule has 0 radical (unpaired) electrons. The van der Waals surface area contributed by atoms with Crippen molar-refractivity contribution in [3.63, 3.8) is 0 Å². The summed E-state index contributed by atoms with van der Waals surface area (Å²) in [7, 11) is 0. The number of rotatable bonds is 5. The standard InChI is InChI=1S/C23H23N3O2/c1-15-25-20-7-2-3-8-21(20)26(15)10-9-24-23(27)13-18-14-28-22-12-17-6-4-5-16(17)11-19(18)22/h2-3,7-8,11-12,14H,4-6,9-10,13H2,1H3,(H,24,27). The summed E-state index contributed by atoms with van der Waals surface area (Å²) in [5, 5.41) is 4.12. The van der Waals surface area contributed by atoms with Gasteiger partial charge in [0.15, 0.2) is 0 Å². The van der Waals surface area contributed by atoms with Gasteiger partial charge in [0.2, 0.25) is 5.91 Å². The first-order valence-corrected chi connectivity index (χ1v) is 9.89. The van der Waals surface area contributed by atoms with Crippen LogP contribution in [-0.2, 0) is 30.6 Å². The molecule has 0 saturated heterocycles. The third-order valence-corrected chi connectivity index (χ3v) is 5.72. The summed E-state index contributed by atoms with van der Waals surface area (Å²) in [5.41, 5.74) is 6.74. The van der Waals surface area contributed by atoms with Gasteiger partial charge in [-0.2, -0.15) is 0 Å². The molecule has 0 fully saturated rings. The number of hydrogen-bond acceptors (Lipinski definition) is 3. The number of carbonyl (C=O) groups excluding carboxylic acids is 1. The summed E-state index contributed by atoms with van der Waals surface area (Å²) >= 11 is 0. The molecule has 28 heavy (non-hydrogen) atoms. The molecule has 2 heterocycles. The van der Waals surface area contributed by atoms with Gasteiger partial charge in [0.05, 0.1) is 23.7 Å². The van der Waals surface area contributed by atoms with Gasteiger partial charge in [-0.3, -0.25) is 4.79 Å². The van der Waals surface area contributed by atoms with E-state index in [0.29, 0.717) is 19.5 Å². The molecular formula is C23H23N3O2. The molecule has 5 nitrogen and oxygen atoms in total. The Morgan fingerprint density at radius 3 is 2.93 bits per heavy atom. The fraction of sp³-hybridized carbons (Fsp3) is 0.304. The number of nitrogens with zero attached hydrogens (tertiary/aromatic N) is 2. The lowest BCUT2D eigenvalue weighted by atomic mass is 10.0. The topological polar surface area (TPSA) is 60.1 Å². The number of imidazole rings is 1. The largest absolute Gasteiger partial charge is 0.464 e. The quantitative estimate of drug-likeness (QED) is 0.576. The lowest BCUT2D eigenvalue weighted by Gasteiger charge is -2.08. The number of furan rings is 1. The van der Waals surface area contributed by atoms with Crippen LogP contribution in [0.2, 0.25) is 0 Å². The number of para-hydroxylation sites is 2. The van der Waals surface area contributed by atoms with Crippen molar-refractivity contribution in [3.05, 3.63) is 65.2 Å². The Bertz CT molecular complexity index is 1190. The zero-order valence-electron chi connectivity index (χ0n) is 16.0. The number of amides is 1. The van der Waals surface area contributed by atoms with E-state index in [-0.39, 0.29) is 5.91 Å². The maximum absolute atomic E-state index is 12.5. The smallest absolute Gasteiger partial charge is 0.224 e. The molecular weight excluding hydrogens is 350 g/mol. The predicted molar refractivity (Wildman–Crippen MR) is 109 cm³/mol. The van der Waals surface area contributed by atoms with Gasteiger partial charge in [0.1, 0.15) is 11.4 Å². The maximum atomic E-state index is 12.5. The molecule has 1 amide bonds. The molecule has 1 aliphatic carbocycles. The van der Waals surface area contributed by atoms with Gasteiger partial charge in [-0.15, -0.1) is 0 Å². The van der Waals surface area contributed by atoms with Crippen molar-refractivity contribution in [1.82, 2.24) is 14.9 Å². The maximum Gasteiger partial charge on any atom is 0.224 e. The number of nitrogens with one attached hydrogen (secondary N) is 1. The van der Waals surface area contributed by atoms with Crippen molar-refractivity contribution in [3.8, 4) is 0 Å². The number of fused-ring (bicyclic) bond motifs is 3. The highest BCUT2D eigenvalue weighted by atomic mass is 16.3. The fourth-order valence-corrected chi connectivity index (χ4v) is 4.31. The normalized spacial score (nSPS) is 13.3. The first-order chi connectivity index (χ1) is 13.7. The van der Waals surface area contributed by atoms with Gasteiger partial charge in [-0.25, -0.2) is 4.98 Å². The van der Waals surface area contributed by atoms with Crippen LogP contribution in [0.1, 0.15) is 28.9 Å². The van der Waals surface area contributed by atoms with Gasteiger partial charge in [0.25, 0.3) is 0 Å². The zero-order valence-corrected chi connectivity index (χ0v) is 16.0. The summed E-state index contributed by atoms with van der Waals surface area (Å²) in [6.07, 6.45) is 5.53. The van der Waals surface area contributed by atoms with E-state index in [9.17, 15) is 4.79 Å². The van der Waals surface area contributed by atoms with E-state index < -0.39 is 0 Å². The number of aromatic nitrogens is 2. The van der Waals surface area contributed by atoms with Crippen molar-refractivity contribution in [2.45, 2.75) is 39.2 Å². The number of aryl methyl sites for hydroxylation is 3. The summed E-state index contributed by atoms with van der Waals surface area (Å²) in [5.74, 6) is 0.982. The second-order valence-electron chi connectivity index (χ2n) is 7.56. The minimum absolute atomic E-state index is 0.0188. The highest BCUT2D eigenvalue weighted by Crippen LogP contribution is 2.30. The molecule has 5 heteroatoms. The molecule has 0 spiro atoms. The molecule has 0 atom stereocenters. The van der Waals surface area contributed by atoms with Crippen molar-refractivity contribution >= 4 is 27.9 Å². The molecule has 0 unspecified atom stereocenters. The van der Waals surface area contributed by atoms with Gasteiger partial charge in [0, 0.05) is 24.0 Å². The first kappa shape index (κ1) is 17.0. The SMILES string of the molecule is Cc1nc2ccccc2n1CCNC(=O)Cc1coc2cc3c(cc12)CCC3.